The maximum atomic E-state index is 5.96. The van der Waals surface area contributed by atoms with Crippen LogP contribution < -0.4 is 10.6 Å². The molecule has 0 atom stereocenters. The lowest BCUT2D eigenvalue weighted by Gasteiger charge is -2.23. The molecule has 0 saturated heterocycles. The van der Waals surface area contributed by atoms with Crippen LogP contribution in [0.4, 0.5) is 0 Å². The third-order valence-corrected chi connectivity index (χ3v) is 5.08. The van der Waals surface area contributed by atoms with Gasteiger partial charge in [0.1, 0.15) is 0 Å². The predicted molar refractivity (Wildman–Crippen MR) is 119 cm³/mol. The van der Waals surface area contributed by atoms with Gasteiger partial charge in [0, 0.05) is 53.0 Å². The molecule has 2 rings (SSSR count). The van der Waals surface area contributed by atoms with Crippen molar-refractivity contribution in [3.05, 3.63) is 0 Å². The van der Waals surface area contributed by atoms with Gasteiger partial charge >= 0.3 is 0 Å². The molecule has 7 heteroatoms. The molecule has 0 radical (unpaired) electrons. The molecular formula is C19H39IN4O2. The first-order valence-electron chi connectivity index (χ1n) is 10.1. The Balaban J connectivity index is 0.00000338. The van der Waals surface area contributed by atoms with Crippen molar-refractivity contribution in [2.24, 2.45) is 4.99 Å². The second kappa shape index (κ2) is 14.9. The smallest absolute Gasteiger partial charge is 0.191 e. The molecule has 2 aliphatic carbocycles. The Labute approximate surface area is 176 Å². The molecule has 0 aromatic heterocycles. The van der Waals surface area contributed by atoms with Crippen LogP contribution in [0.2, 0.25) is 0 Å². The van der Waals surface area contributed by atoms with Gasteiger partial charge in [-0.05, 0) is 32.1 Å². The average Bonchev–Trinajstić information content (AvgIpc) is 3.48. The van der Waals surface area contributed by atoms with Crippen LogP contribution >= 0.6 is 24.0 Å². The first-order valence-corrected chi connectivity index (χ1v) is 10.1. The molecular weight excluding hydrogens is 443 g/mol. The number of methoxy groups -OCH3 is 1. The van der Waals surface area contributed by atoms with Crippen molar-refractivity contribution in [2.45, 2.75) is 63.5 Å². The highest BCUT2D eigenvalue weighted by Crippen LogP contribution is 2.26. The lowest BCUT2D eigenvalue weighted by atomic mass is 9.98. The van der Waals surface area contributed by atoms with E-state index in [1.807, 2.05) is 7.05 Å². The van der Waals surface area contributed by atoms with Crippen LogP contribution in [0, 0.1) is 0 Å². The van der Waals surface area contributed by atoms with E-state index in [2.05, 4.69) is 20.5 Å². The van der Waals surface area contributed by atoms with E-state index < -0.39 is 0 Å². The standard InChI is InChI=1S/C19H38N4O2.HI/c1-20-19(21-11-6-15-25-18-7-4-3-5-8-18)22-12-13-23(14-16-24-2)17-9-10-17;/h17-18H,3-16H2,1-2H3,(H2,20,21,22);1H. The Bertz CT molecular complexity index is 375. The van der Waals surface area contributed by atoms with Crippen molar-refractivity contribution in [1.29, 1.82) is 0 Å². The molecule has 0 aromatic rings. The van der Waals surface area contributed by atoms with Crippen molar-refractivity contribution in [1.82, 2.24) is 15.5 Å². The number of rotatable bonds is 12. The number of guanidine groups is 1. The van der Waals surface area contributed by atoms with E-state index in [-0.39, 0.29) is 24.0 Å². The minimum absolute atomic E-state index is 0. The van der Waals surface area contributed by atoms with Crippen LogP contribution in [0.25, 0.3) is 0 Å². The molecule has 2 aliphatic rings. The summed E-state index contributed by atoms with van der Waals surface area (Å²) in [5.74, 6) is 0.889. The highest BCUT2D eigenvalue weighted by molar-refractivity contribution is 14.0. The Morgan fingerprint density at radius 1 is 1.00 bits per heavy atom. The second-order valence-corrected chi connectivity index (χ2v) is 7.17. The van der Waals surface area contributed by atoms with Crippen LogP contribution in [-0.4, -0.2) is 76.6 Å². The maximum Gasteiger partial charge on any atom is 0.191 e. The summed E-state index contributed by atoms with van der Waals surface area (Å²) in [6.45, 7) is 5.54. The molecule has 2 fully saturated rings. The van der Waals surface area contributed by atoms with Crippen LogP contribution in [-0.2, 0) is 9.47 Å². The summed E-state index contributed by atoms with van der Waals surface area (Å²) in [7, 11) is 3.60. The van der Waals surface area contributed by atoms with Gasteiger partial charge in [0.05, 0.1) is 12.7 Å². The van der Waals surface area contributed by atoms with E-state index in [0.717, 1.165) is 57.8 Å². The van der Waals surface area contributed by atoms with Gasteiger partial charge in [-0.1, -0.05) is 19.3 Å². The number of nitrogens with zero attached hydrogens (tertiary/aromatic N) is 2. The summed E-state index contributed by atoms with van der Waals surface area (Å²) in [6, 6.07) is 0.767. The van der Waals surface area contributed by atoms with Crippen LogP contribution in [0.1, 0.15) is 51.4 Å². The van der Waals surface area contributed by atoms with Gasteiger partial charge in [-0.3, -0.25) is 9.89 Å². The number of hydrogen-bond acceptors (Lipinski definition) is 4. The minimum Gasteiger partial charge on any atom is -0.383 e. The van der Waals surface area contributed by atoms with Gasteiger partial charge in [-0.2, -0.15) is 0 Å². The monoisotopic (exact) mass is 482 g/mol. The molecule has 2 N–H and O–H groups in total. The van der Waals surface area contributed by atoms with Gasteiger partial charge in [-0.15, -0.1) is 24.0 Å². The van der Waals surface area contributed by atoms with E-state index in [1.165, 1.54) is 44.9 Å². The fourth-order valence-corrected chi connectivity index (χ4v) is 3.42. The number of hydrogen-bond donors (Lipinski definition) is 2. The third-order valence-electron chi connectivity index (χ3n) is 5.08. The van der Waals surface area contributed by atoms with E-state index >= 15 is 0 Å². The van der Waals surface area contributed by atoms with Gasteiger partial charge in [0.15, 0.2) is 5.96 Å². The van der Waals surface area contributed by atoms with Gasteiger partial charge in [-0.25, -0.2) is 0 Å². The number of ether oxygens (including phenoxy) is 2. The Kier molecular flexibility index (Phi) is 13.7. The lowest BCUT2D eigenvalue weighted by molar-refractivity contribution is 0.0277. The first kappa shape index (κ1) is 23.9. The van der Waals surface area contributed by atoms with Gasteiger partial charge in [0.25, 0.3) is 0 Å². The fraction of sp³-hybridized carbons (Fsp3) is 0.947. The van der Waals surface area contributed by atoms with E-state index in [0.29, 0.717) is 6.10 Å². The summed E-state index contributed by atoms with van der Waals surface area (Å²) in [6.07, 6.45) is 10.7. The highest BCUT2D eigenvalue weighted by Gasteiger charge is 2.28. The molecule has 2 saturated carbocycles. The summed E-state index contributed by atoms with van der Waals surface area (Å²) in [4.78, 5) is 6.82. The van der Waals surface area contributed by atoms with Crippen molar-refractivity contribution < 1.29 is 9.47 Å². The van der Waals surface area contributed by atoms with Crippen LogP contribution in [0.5, 0.6) is 0 Å². The second-order valence-electron chi connectivity index (χ2n) is 7.17. The Morgan fingerprint density at radius 2 is 1.73 bits per heavy atom. The zero-order chi connectivity index (χ0) is 17.7. The molecule has 0 aliphatic heterocycles. The zero-order valence-corrected chi connectivity index (χ0v) is 19.0. The first-order chi connectivity index (χ1) is 12.3. The maximum absolute atomic E-state index is 5.96. The van der Waals surface area contributed by atoms with Crippen LogP contribution in [0.3, 0.4) is 0 Å². The summed E-state index contributed by atoms with van der Waals surface area (Å²) in [5.41, 5.74) is 0. The fourth-order valence-electron chi connectivity index (χ4n) is 3.42. The molecule has 26 heavy (non-hydrogen) atoms. The minimum atomic E-state index is 0. The molecule has 154 valence electrons. The van der Waals surface area contributed by atoms with Gasteiger partial charge < -0.3 is 20.1 Å². The van der Waals surface area contributed by atoms with E-state index in [1.54, 1.807) is 7.11 Å². The summed E-state index contributed by atoms with van der Waals surface area (Å²) in [5, 5.41) is 6.80. The summed E-state index contributed by atoms with van der Waals surface area (Å²) >= 11 is 0. The molecule has 0 bridgehead atoms. The number of nitrogens with one attached hydrogen (secondary N) is 2. The molecule has 0 unspecified atom stereocenters. The largest absolute Gasteiger partial charge is 0.383 e. The van der Waals surface area contributed by atoms with Crippen molar-refractivity contribution in [2.75, 3.05) is 53.6 Å². The number of halogens is 1. The molecule has 6 nitrogen and oxygen atoms in total. The molecule has 0 aromatic carbocycles. The van der Waals surface area contributed by atoms with E-state index in [4.69, 9.17) is 9.47 Å². The predicted octanol–water partition coefficient (Wildman–Crippen LogP) is 2.62. The third kappa shape index (κ3) is 10.3. The topological polar surface area (TPSA) is 58.1 Å². The van der Waals surface area contributed by atoms with Crippen molar-refractivity contribution in [3.8, 4) is 0 Å². The van der Waals surface area contributed by atoms with Crippen molar-refractivity contribution in [3.63, 3.8) is 0 Å². The molecule has 0 heterocycles. The lowest BCUT2D eigenvalue weighted by Crippen LogP contribution is -2.43. The van der Waals surface area contributed by atoms with Crippen molar-refractivity contribution >= 4 is 29.9 Å². The number of aliphatic imine (C=N–C) groups is 1. The van der Waals surface area contributed by atoms with Gasteiger partial charge in [0.2, 0.25) is 0 Å². The SMILES string of the molecule is CN=C(NCCCOC1CCCCC1)NCCN(CCOC)C1CC1.I. The van der Waals surface area contributed by atoms with E-state index in [9.17, 15) is 0 Å². The molecule has 0 amide bonds. The highest BCUT2D eigenvalue weighted by atomic mass is 127. The Hall–Kier alpha value is -0.120. The normalized spacial score (nSPS) is 18.7. The Morgan fingerprint density at radius 3 is 2.38 bits per heavy atom. The van der Waals surface area contributed by atoms with Crippen LogP contribution in [0.15, 0.2) is 4.99 Å². The zero-order valence-electron chi connectivity index (χ0n) is 16.7. The quantitative estimate of drug-likeness (QED) is 0.194. The molecule has 0 spiro atoms. The summed E-state index contributed by atoms with van der Waals surface area (Å²) < 4.78 is 11.2. The average molecular weight is 482 g/mol.